The van der Waals surface area contributed by atoms with Crippen molar-refractivity contribution in [1.29, 1.82) is 0 Å². The van der Waals surface area contributed by atoms with Crippen molar-refractivity contribution in [2.75, 3.05) is 25.2 Å². The van der Waals surface area contributed by atoms with Crippen molar-refractivity contribution in [2.45, 2.75) is 31.3 Å². The van der Waals surface area contributed by atoms with Crippen LogP contribution in [0.1, 0.15) is 29.6 Å². The Morgan fingerprint density at radius 2 is 1.80 bits per heavy atom. The van der Waals surface area contributed by atoms with E-state index in [1.165, 1.54) is 7.11 Å². The van der Waals surface area contributed by atoms with Gasteiger partial charge in [-0.15, -0.1) is 0 Å². The molecule has 0 unspecified atom stereocenters. The van der Waals surface area contributed by atoms with Crippen LogP contribution in [0.4, 0.5) is 0 Å². The third-order valence-electron chi connectivity index (χ3n) is 4.47. The van der Waals surface area contributed by atoms with Gasteiger partial charge in [0.2, 0.25) is 0 Å². The summed E-state index contributed by atoms with van der Waals surface area (Å²) in [5.41, 5.74) is 0.400. The van der Waals surface area contributed by atoms with Crippen molar-refractivity contribution < 1.29 is 27.5 Å². The maximum Gasteiger partial charge on any atom is 0.337 e. The van der Waals surface area contributed by atoms with Crippen LogP contribution in [0.3, 0.4) is 0 Å². The monoisotopic (exact) mass is 367 g/mol. The van der Waals surface area contributed by atoms with Gasteiger partial charge in [0.15, 0.2) is 16.4 Å². The summed E-state index contributed by atoms with van der Waals surface area (Å²) in [5, 5.41) is 0. The molecule has 1 atom stereocenters. The van der Waals surface area contributed by atoms with Crippen LogP contribution in [-0.2, 0) is 19.4 Å². The van der Waals surface area contributed by atoms with Crippen molar-refractivity contribution in [3.8, 4) is 5.75 Å². The zero-order chi connectivity index (χ0) is 18.0. The Kier molecular flexibility index (Phi) is 4.99. The van der Waals surface area contributed by atoms with E-state index in [1.54, 1.807) is 29.2 Å². The van der Waals surface area contributed by atoms with E-state index >= 15 is 0 Å². The first kappa shape index (κ1) is 17.7. The van der Waals surface area contributed by atoms with E-state index in [9.17, 15) is 18.0 Å². The third kappa shape index (κ3) is 4.31. The Balaban J connectivity index is 1.60. The van der Waals surface area contributed by atoms with Crippen LogP contribution in [0.5, 0.6) is 5.75 Å². The van der Waals surface area contributed by atoms with Gasteiger partial charge in [-0.2, -0.15) is 0 Å². The predicted octanol–water partition coefficient (Wildman–Crippen LogP) is 1.03. The van der Waals surface area contributed by atoms with E-state index < -0.39 is 15.8 Å². The molecule has 1 aliphatic heterocycles. The maximum atomic E-state index is 12.5. The highest BCUT2D eigenvalue weighted by Crippen LogP contribution is 2.32. The predicted molar refractivity (Wildman–Crippen MR) is 90.2 cm³/mol. The minimum Gasteiger partial charge on any atom is -0.484 e. The van der Waals surface area contributed by atoms with E-state index in [2.05, 4.69) is 4.74 Å². The molecule has 0 radical (unpaired) electrons. The number of esters is 1. The lowest BCUT2D eigenvalue weighted by molar-refractivity contribution is -0.135. The Hall–Kier alpha value is -2.09. The molecule has 1 amide bonds. The normalized spacial score (nSPS) is 21.6. The number of hydrogen-bond donors (Lipinski definition) is 0. The van der Waals surface area contributed by atoms with Gasteiger partial charge in [0.05, 0.1) is 24.2 Å². The molecule has 1 aromatic carbocycles. The molecule has 2 fully saturated rings. The molecule has 0 spiro atoms. The highest BCUT2D eigenvalue weighted by molar-refractivity contribution is 7.91. The smallest absolute Gasteiger partial charge is 0.337 e. The van der Waals surface area contributed by atoms with Crippen molar-refractivity contribution in [1.82, 2.24) is 4.90 Å². The number of benzene rings is 1. The zero-order valence-corrected chi connectivity index (χ0v) is 14.8. The molecule has 1 saturated heterocycles. The fourth-order valence-electron chi connectivity index (χ4n) is 3.08. The molecule has 1 aromatic rings. The summed E-state index contributed by atoms with van der Waals surface area (Å²) in [5.74, 6) is 0.0231. The molecule has 1 saturated carbocycles. The SMILES string of the molecule is COC(=O)c1ccc(OCC(=O)N(C2CC2)[C@H]2CCS(=O)(=O)C2)cc1. The van der Waals surface area contributed by atoms with Gasteiger partial charge in [-0.05, 0) is 43.5 Å². The van der Waals surface area contributed by atoms with Crippen LogP contribution in [0, 0.1) is 0 Å². The molecule has 0 N–H and O–H groups in total. The zero-order valence-electron chi connectivity index (χ0n) is 14.0. The summed E-state index contributed by atoms with van der Waals surface area (Å²) < 4.78 is 33.5. The van der Waals surface area contributed by atoms with Gasteiger partial charge >= 0.3 is 5.97 Å². The van der Waals surface area contributed by atoms with Gasteiger partial charge in [0.1, 0.15) is 5.75 Å². The fraction of sp³-hybridized carbons (Fsp3) is 0.529. The first-order valence-corrected chi connectivity index (χ1v) is 10.0. The number of carbonyl (C=O) groups excluding carboxylic acids is 2. The van der Waals surface area contributed by atoms with Crippen molar-refractivity contribution in [3.63, 3.8) is 0 Å². The number of rotatable bonds is 6. The summed E-state index contributed by atoms with van der Waals surface area (Å²) >= 11 is 0. The second-order valence-electron chi connectivity index (χ2n) is 6.39. The minimum absolute atomic E-state index is 0.0447. The van der Waals surface area contributed by atoms with E-state index in [1.807, 2.05) is 0 Å². The number of carbonyl (C=O) groups is 2. The van der Waals surface area contributed by atoms with E-state index in [0.29, 0.717) is 17.7 Å². The second-order valence-corrected chi connectivity index (χ2v) is 8.62. The molecule has 0 aromatic heterocycles. The molecule has 3 rings (SSSR count). The summed E-state index contributed by atoms with van der Waals surface area (Å²) in [4.78, 5) is 25.6. The molecule has 8 heteroatoms. The standard InChI is InChI=1S/C17H21NO6S/c1-23-17(20)12-2-6-15(7-3-12)24-10-16(19)18(13-4-5-13)14-8-9-25(21,22)11-14/h2-3,6-7,13-14H,4-5,8-11H2,1H3/t14-/m0/s1. The van der Waals surface area contributed by atoms with Gasteiger partial charge in [-0.25, -0.2) is 13.2 Å². The molecule has 136 valence electrons. The van der Waals surface area contributed by atoms with Gasteiger partial charge in [0, 0.05) is 12.1 Å². The molecule has 7 nitrogen and oxygen atoms in total. The van der Waals surface area contributed by atoms with E-state index in [0.717, 1.165) is 12.8 Å². The van der Waals surface area contributed by atoms with E-state index in [4.69, 9.17) is 4.74 Å². The van der Waals surface area contributed by atoms with E-state index in [-0.39, 0.29) is 36.1 Å². The number of sulfone groups is 1. The van der Waals surface area contributed by atoms with Gasteiger partial charge in [-0.3, -0.25) is 4.79 Å². The lowest BCUT2D eigenvalue weighted by atomic mass is 10.2. The lowest BCUT2D eigenvalue weighted by Gasteiger charge is -2.28. The first-order chi connectivity index (χ1) is 11.9. The fourth-order valence-corrected chi connectivity index (χ4v) is 4.79. The molecule has 1 heterocycles. The van der Waals surface area contributed by atoms with Crippen LogP contribution in [0.15, 0.2) is 24.3 Å². The summed E-state index contributed by atoms with van der Waals surface area (Å²) in [6.07, 6.45) is 2.32. The van der Waals surface area contributed by atoms with Crippen LogP contribution in [0.2, 0.25) is 0 Å². The van der Waals surface area contributed by atoms with Crippen LogP contribution in [-0.4, -0.2) is 62.5 Å². The average Bonchev–Trinajstić information content (AvgIpc) is 3.36. The third-order valence-corrected chi connectivity index (χ3v) is 6.22. The Morgan fingerprint density at radius 1 is 1.12 bits per heavy atom. The van der Waals surface area contributed by atoms with Gasteiger partial charge < -0.3 is 14.4 Å². The summed E-state index contributed by atoms with van der Waals surface area (Å²) in [6, 6.07) is 6.22. The van der Waals surface area contributed by atoms with Crippen LogP contribution >= 0.6 is 0 Å². The first-order valence-electron chi connectivity index (χ1n) is 8.22. The van der Waals surface area contributed by atoms with Gasteiger partial charge in [0.25, 0.3) is 5.91 Å². The molecule has 0 bridgehead atoms. The van der Waals surface area contributed by atoms with Crippen molar-refractivity contribution in [3.05, 3.63) is 29.8 Å². The largest absolute Gasteiger partial charge is 0.484 e. The Morgan fingerprint density at radius 3 is 2.32 bits per heavy atom. The Labute approximate surface area is 146 Å². The summed E-state index contributed by atoms with van der Waals surface area (Å²) in [6.45, 7) is -0.148. The van der Waals surface area contributed by atoms with Crippen molar-refractivity contribution in [2.24, 2.45) is 0 Å². The maximum absolute atomic E-state index is 12.5. The molecular weight excluding hydrogens is 346 g/mol. The molecule has 1 aliphatic carbocycles. The molecule has 25 heavy (non-hydrogen) atoms. The molecular formula is C17H21NO6S. The molecule has 2 aliphatic rings. The van der Waals surface area contributed by atoms with Gasteiger partial charge in [-0.1, -0.05) is 0 Å². The number of hydrogen-bond acceptors (Lipinski definition) is 6. The minimum atomic E-state index is -3.04. The van der Waals surface area contributed by atoms with Crippen molar-refractivity contribution >= 4 is 21.7 Å². The average molecular weight is 367 g/mol. The van der Waals surface area contributed by atoms with Crippen LogP contribution < -0.4 is 4.74 Å². The second kappa shape index (κ2) is 7.03. The Bertz CT molecular complexity index is 754. The lowest BCUT2D eigenvalue weighted by Crippen LogP contribution is -2.45. The summed E-state index contributed by atoms with van der Waals surface area (Å²) in [7, 11) is -1.73. The number of ether oxygens (including phenoxy) is 2. The number of nitrogens with zero attached hydrogens (tertiary/aromatic N) is 1. The topological polar surface area (TPSA) is 90.0 Å². The number of methoxy groups -OCH3 is 1. The highest BCUT2D eigenvalue weighted by Gasteiger charge is 2.42. The number of amides is 1. The highest BCUT2D eigenvalue weighted by atomic mass is 32.2. The van der Waals surface area contributed by atoms with Crippen LogP contribution in [0.25, 0.3) is 0 Å². The quantitative estimate of drug-likeness (QED) is 0.698.